The number of halogens is 4. The summed E-state index contributed by atoms with van der Waals surface area (Å²) >= 11 is 5.18. The number of anilines is 2. The number of aryl methyl sites for hydroxylation is 1. The molecule has 0 amide bonds. The number of nitrogens with one attached hydrogen (secondary N) is 2. The topological polar surface area (TPSA) is 66.5 Å². The van der Waals surface area contributed by atoms with E-state index in [4.69, 9.17) is 0 Å². The largest absolute Gasteiger partial charge is 0.352 e. The van der Waals surface area contributed by atoms with Crippen LogP contribution in [0.5, 0.6) is 0 Å². The molecule has 3 aromatic rings. The van der Waals surface area contributed by atoms with Crippen molar-refractivity contribution in [2.75, 3.05) is 5.32 Å². The van der Waals surface area contributed by atoms with Gasteiger partial charge in [-0.05, 0) is 85.7 Å². The van der Waals surface area contributed by atoms with E-state index in [2.05, 4.69) is 64.5 Å². The summed E-state index contributed by atoms with van der Waals surface area (Å²) in [5.41, 5.74) is 1.85. The van der Waals surface area contributed by atoms with Crippen LogP contribution in [0.25, 0.3) is 11.4 Å². The predicted molar refractivity (Wildman–Crippen MR) is 94.4 cm³/mol. The molecule has 118 valence electrons. The second-order valence-electron chi connectivity index (χ2n) is 4.74. The van der Waals surface area contributed by atoms with Crippen LogP contribution in [0.2, 0.25) is 0 Å². The number of hydrogen-bond acceptors (Lipinski definition) is 4. The van der Waals surface area contributed by atoms with E-state index in [0.29, 0.717) is 11.3 Å². The highest BCUT2D eigenvalue weighted by Crippen LogP contribution is 2.36. The fourth-order valence-corrected chi connectivity index (χ4v) is 3.13. The number of tetrazole rings is 1. The van der Waals surface area contributed by atoms with Gasteiger partial charge in [-0.3, -0.25) is 0 Å². The lowest BCUT2D eigenvalue weighted by molar-refractivity contribution is 0.507. The Morgan fingerprint density at radius 2 is 2.00 bits per heavy atom. The lowest BCUT2D eigenvalue weighted by Gasteiger charge is -2.15. The monoisotopic (exact) mass is 491 g/mol. The predicted octanol–water partition coefficient (Wildman–Crippen LogP) is 4.56. The summed E-state index contributed by atoms with van der Waals surface area (Å²) in [4.78, 5) is 0. The van der Waals surface area contributed by atoms with E-state index < -0.39 is 11.6 Å². The molecule has 23 heavy (non-hydrogen) atoms. The minimum absolute atomic E-state index is 0.00807. The second-order valence-corrected chi connectivity index (χ2v) is 6.84. The Labute approximate surface area is 152 Å². The van der Waals surface area contributed by atoms with Gasteiger partial charge in [0.05, 0.1) is 10.2 Å². The molecule has 0 aliphatic rings. The van der Waals surface area contributed by atoms with Gasteiger partial charge in [0, 0.05) is 14.8 Å². The standard InChI is InChI=1S/C14H9BrF2IN5/c1-6-4-7(18)2-3-10(6)19-13-8(14-20-22-23-21-14)5-9(15)11(16)12(13)17/h2-5,19H,1H3,(H,20,21,22,23). The van der Waals surface area contributed by atoms with Crippen molar-refractivity contribution in [1.82, 2.24) is 20.6 Å². The molecule has 0 unspecified atom stereocenters. The zero-order valence-electron chi connectivity index (χ0n) is 11.7. The number of benzene rings is 2. The highest BCUT2D eigenvalue weighted by molar-refractivity contribution is 14.1. The lowest BCUT2D eigenvalue weighted by atomic mass is 10.1. The summed E-state index contributed by atoms with van der Waals surface area (Å²) in [6.07, 6.45) is 0. The van der Waals surface area contributed by atoms with Crippen LogP contribution < -0.4 is 5.32 Å². The van der Waals surface area contributed by atoms with Crippen LogP contribution in [-0.4, -0.2) is 20.6 Å². The summed E-state index contributed by atoms with van der Waals surface area (Å²) in [7, 11) is 0. The first-order chi connectivity index (χ1) is 11.0. The van der Waals surface area contributed by atoms with Gasteiger partial charge in [-0.25, -0.2) is 13.9 Å². The van der Waals surface area contributed by atoms with Crippen molar-refractivity contribution in [2.24, 2.45) is 0 Å². The summed E-state index contributed by atoms with van der Waals surface area (Å²) in [5.74, 6) is -1.76. The van der Waals surface area contributed by atoms with Crippen molar-refractivity contribution in [3.63, 3.8) is 0 Å². The number of nitrogens with zero attached hydrogens (tertiary/aromatic N) is 3. The Morgan fingerprint density at radius 3 is 2.65 bits per heavy atom. The van der Waals surface area contributed by atoms with Crippen LogP contribution in [-0.2, 0) is 0 Å². The van der Waals surface area contributed by atoms with Crippen LogP contribution >= 0.6 is 38.5 Å². The van der Waals surface area contributed by atoms with E-state index in [1.807, 2.05) is 19.1 Å². The first kappa shape index (κ1) is 16.2. The smallest absolute Gasteiger partial charge is 0.184 e. The fraction of sp³-hybridized carbons (Fsp3) is 0.0714. The molecule has 1 heterocycles. The average Bonchev–Trinajstić information content (AvgIpc) is 3.04. The van der Waals surface area contributed by atoms with Crippen molar-refractivity contribution in [1.29, 1.82) is 0 Å². The average molecular weight is 492 g/mol. The SMILES string of the molecule is Cc1cc(I)ccc1Nc1c(-c2nnn[nH]2)cc(Br)c(F)c1F. The van der Waals surface area contributed by atoms with Crippen molar-refractivity contribution in [3.05, 3.63) is 49.5 Å². The van der Waals surface area contributed by atoms with Gasteiger partial charge in [0.25, 0.3) is 0 Å². The quantitative estimate of drug-likeness (QED) is 0.416. The third-order valence-electron chi connectivity index (χ3n) is 3.21. The molecular formula is C14H9BrF2IN5. The van der Waals surface area contributed by atoms with Gasteiger partial charge in [0.1, 0.15) is 0 Å². The number of aromatic amines is 1. The van der Waals surface area contributed by atoms with Crippen molar-refractivity contribution >= 4 is 49.9 Å². The van der Waals surface area contributed by atoms with Gasteiger partial charge in [0.2, 0.25) is 0 Å². The summed E-state index contributed by atoms with van der Waals surface area (Å²) in [6.45, 7) is 1.88. The molecule has 2 aromatic carbocycles. The Balaban J connectivity index is 2.15. The molecule has 2 N–H and O–H groups in total. The van der Waals surface area contributed by atoms with Gasteiger partial charge in [-0.15, -0.1) is 5.10 Å². The Kier molecular flexibility index (Phi) is 4.57. The maximum atomic E-state index is 14.5. The summed E-state index contributed by atoms with van der Waals surface area (Å²) < 4.78 is 29.5. The summed E-state index contributed by atoms with van der Waals surface area (Å²) in [5, 5.41) is 16.2. The van der Waals surface area contributed by atoms with Crippen molar-refractivity contribution < 1.29 is 8.78 Å². The molecule has 0 saturated heterocycles. The molecule has 0 aliphatic heterocycles. The number of hydrogen-bond donors (Lipinski definition) is 2. The fourth-order valence-electron chi connectivity index (χ4n) is 2.08. The Morgan fingerprint density at radius 1 is 1.22 bits per heavy atom. The second kappa shape index (κ2) is 6.48. The molecular weight excluding hydrogens is 483 g/mol. The highest BCUT2D eigenvalue weighted by Gasteiger charge is 2.21. The van der Waals surface area contributed by atoms with E-state index in [9.17, 15) is 8.78 Å². The molecule has 0 spiro atoms. The van der Waals surface area contributed by atoms with E-state index >= 15 is 0 Å². The molecule has 0 aliphatic carbocycles. The van der Waals surface area contributed by atoms with Crippen molar-refractivity contribution in [2.45, 2.75) is 6.92 Å². The zero-order valence-corrected chi connectivity index (χ0v) is 15.4. The van der Waals surface area contributed by atoms with Gasteiger partial charge < -0.3 is 5.32 Å². The van der Waals surface area contributed by atoms with Gasteiger partial charge in [-0.2, -0.15) is 0 Å². The highest BCUT2D eigenvalue weighted by atomic mass is 127. The van der Waals surface area contributed by atoms with Crippen LogP contribution in [0, 0.1) is 22.1 Å². The molecule has 5 nitrogen and oxygen atoms in total. The Hall–Kier alpha value is -1.62. The van der Waals surface area contributed by atoms with Crippen LogP contribution in [0.3, 0.4) is 0 Å². The normalized spacial score (nSPS) is 10.8. The van der Waals surface area contributed by atoms with Gasteiger partial charge in [0.15, 0.2) is 17.5 Å². The molecule has 3 rings (SSSR count). The molecule has 1 aromatic heterocycles. The van der Waals surface area contributed by atoms with Crippen LogP contribution in [0.4, 0.5) is 20.2 Å². The molecule has 0 saturated carbocycles. The van der Waals surface area contributed by atoms with E-state index in [1.54, 1.807) is 6.07 Å². The van der Waals surface area contributed by atoms with Crippen LogP contribution in [0.1, 0.15) is 5.56 Å². The molecule has 0 fully saturated rings. The third kappa shape index (κ3) is 3.20. The maximum absolute atomic E-state index is 14.5. The Bertz CT molecular complexity index is 870. The van der Waals surface area contributed by atoms with E-state index in [1.165, 1.54) is 6.07 Å². The van der Waals surface area contributed by atoms with E-state index in [-0.39, 0.29) is 16.0 Å². The molecule has 9 heteroatoms. The molecule has 0 atom stereocenters. The summed E-state index contributed by atoms with van der Waals surface area (Å²) in [6, 6.07) is 7.04. The molecule has 0 bridgehead atoms. The lowest BCUT2D eigenvalue weighted by Crippen LogP contribution is -2.02. The number of aromatic nitrogens is 4. The van der Waals surface area contributed by atoms with Gasteiger partial charge in [-0.1, -0.05) is 0 Å². The number of rotatable bonds is 3. The van der Waals surface area contributed by atoms with E-state index in [0.717, 1.165) is 9.13 Å². The number of H-pyrrole nitrogens is 1. The van der Waals surface area contributed by atoms with Crippen molar-refractivity contribution in [3.8, 4) is 11.4 Å². The minimum atomic E-state index is -1.01. The molecule has 0 radical (unpaired) electrons. The van der Waals surface area contributed by atoms with Gasteiger partial charge >= 0.3 is 0 Å². The first-order valence-electron chi connectivity index (χ1n) is 6.42. The minimum Gasteiger partial charge on any atom is -0.352 e. The maximum Gasteiger partial charge on any atom is 0.184 e. The third-order valence-corrected chi connectivity index (χ3v) is 4.46. The first-order valence-corrected chi connectivity index (χ1v) is 8.29. The zero-order chi connectivity index (χ0) is 16.6. The van der Waals surface area contributed by atoms with Crippen LogP contribution in [0.15, 0.2) is 28.7 Å².